The number of fused-ring (bicyclic) bond motifs is 1. The molecule has 2 amide bonds. The van der Waals surface area contributed by atoms with E-state index in [4.69, 9.17) is 4.74 Å². The summed E-state index contributed by atoms with van der Waals surface area (Å²) < 4.78 is 6.28. The average Bonchev–Trinajstić information content (AvgIpc) is 3.19. The number of hydrogen-bond donors (Lipinski definition) is 2. The van der Waals surface area contributed by atoms with Gasteiger partial charge in [-0.05, 0) is 42.8 Å². The summed E-state index contributed by atoms with van der Waals surface area (Å²) in [5, 5.41) is 6.33. The minimum atomic E-state index is -0.228. The van der Waals surface area contributed by atoms with Crippen LogP contribution in [0.4, 0.5) is 0 Å². The molecule has 2 aromatic heterocycles. The Morgan fingerprint density at radius 2 is 2.10 bits per heavy atom. The predicted molar refractivity (Wildman–Crippen MR) is 110 cm³/mol. The van der Waals surface area contributed by atoms with Crippen molar-refractivity contribution < 1.29 is 14.3 Å². The lowest BCUT2D eigenvalue weighted by atomic mass is 10.0. The molecule has 29 heavy (non-hydrogen) atoms. The van der Waals surface area contributed by atoms with Gasteiger partial charge in [0.25, 0.3) is 5.91 Å². The van der Waals surface area contributed by atoms with E-state index >= 15 is 0 Å². The van der Waals surface area contributed by atoms with Gasteiger partial charge in [-0.2, -0.15) is 0 Å². The minimum Gasteiger partial charge on any atom is -0.490 e. The third-order valence-corrected chi connectivity index (χ3v) is 5.23. The van der Waals surface area contributed by atoms with E-state index in [1.165, 1.54) is 0 Å². The summed E-state index contributed by atoms with van der Waals surface area (Å²) in [6.45, 7) is 2.61. The second-order valence-electron chi connectivity index (χ2n) is 7.15. The number of benzene rings is 1. The Morgan fingerprint density at radius 1 is 1.24 bits per heavy atom. The lowest BCUT2D eigenvalue weighted by Gasteiger charge is -2.21. The summed E-state index contributed by atoms with van der Waals surface area (Å²) in [7, 11) is 1.57. The van der Waals surface area contributed by atoms with Crippen LogP contribution < -0.4 is 15.4 Å². The highest BCUT2D eigenvalue weighted by Crippen LogP contribution is 2.33. The normalized spacial score (nSPS) is 17.0. The van der Waals surface area contributed by atoms with Crippen LogP contribution >= 0.6 is 0 Å². The van der Waals surface area contributed by atoms with E-state index in [2.05, 4.69) is 20.6 Å². The summed E-state index contributed by atoms with van der Waals surface area (Å²) in [6.07, 6.45) is 3.76. The molecule has 0 bridgehead atoms. The molecule has 4 rings (SSSR count). The van der Waals surface area contributed by atoms with Crippen molar-refractivity contribution in [2.24, 2.45) is 5.92 Å². The Kier molecular flexibility index (Phi) is 5.12. The number of carbonyl (C=O) groups is 2. The molecule has 0 spiro atoms. The van der Waals surface area contributed by atoms with E-state index < -0.39 is 0 Å². The lowest BCUT2D eigenvalue weighted by Crippen LogP contribution is -2.25. The fraction of sp³-hybridized carbons (Fsp3) is 0.273. The van der Waals surface area contributed by atoms with Gasteiger partial charge in [0, 0.05) is 49.3 Å². The standard InChI is InChI=1S/C22H22N4O3/c1-13(16-10-21(27)26-12-16)29-20-9-15(8-19-17(20)4-3-7-24-19)14-5-6-18(25-11-14)22(28)23-2/h3-9,11,13,16H,10,12H2,1-2H3,(H,23,28)(H,26,27)/t13-,16-/m1/s1. The van der Waals surface area contributed by atoms with Gasteiger partial charge in [0.1, 0.15) is 17.5 Å². The first kappa shape index (κ1) is 18.9. The Morgan fingerprint density at radius 3 is 2.79 bits per heavy atom. The third-order valence-electron chi connectivity index (χ3n) is 5.23. The first-order valence-electron chi connectivity index (χ1n) is 9.56. The lowest BCUT2D eigenvalue weighted by molar-refractivity contribution is -0.119. The Bertz CT molecular complexity index is 1070. The zero-order valence-corrected chi connectivity index (χ0v) is 16.3. The second kappa shape index (κ2) is 7.87. The van der Waals surface area contributed by atoms with Crippen molar-refractivity contribution in [3.8, 4) is 16.9 Å². The highest BCUT2D eigenvalue weighted by molar-refractivity contribution is 5.93. The van der Waals surface area contributed by atoms with Crippen molar-refractivity contribution >= 4 is 22.7 Å². The van der Waals surface area contributed by atoms with Crippen LogP contribution in [0.2, 0.25) is 0 Å². The molecule has 1 aliphatic rings. The summed E-state index contributed by atoms with van der Waals surface area (Å²) in [6, 6.07) is 11.3. The molecular weight excluding hydrogens is 368 g/mol. The Hall–Kier alpha value is -3.48. The van der Waals surface area contributed by atoms with Crippen molar-refractivity contribution in [3.05, 3.63) is 54.5 Å². The molecule has 1 aromatic carbocycles. The first-order valence-corrected chi connectivity index (χ1v) is 9.56. The van der Waals surface area contributed by atoms with E-state index in [9.17, 15) is 9.59 Å². The van der Waals surface area contributed by atoms with Crippen LogP contribution in [0.1, 0.15) is 23.8 Å². The van der Waals surface area contributed by atoms with Gasteiger partial charge in [0.15, 0.2) is 0 Å². The van der Waals surface area contributed by atoms with Crippen LogP contribution in [-0.4, -0.2) is 41.5 Å². The molecule has 0 saturated carbocycles. The third kappa shape index (κ3) is 3.89. The number of nitrogens with one attached hydrogen (secondary N) is 2. The number of ether oxygens (including phenoxy) is 1. The number of rotatable bonds is 5. The van der Waals surface area contributed by atoms with Crippen LogP contribution in [0, 0.1) is 5.92 Å². The van der Waals surface area contributed by atoms with Crippen LogP contribution in [0.25, 0.3) is 22.0 Å². The van der Waals surface area contributed by atoms with E-state index in [0.717, 1.165) is 22.0 Å². The van der Waals surface area contributed by atoms with Crippen molar-refractivity contribution in [1.29, 1.82) is 0 Å². The number of pyridine rings is 2. The maximum atomic E-state index is 11.7. The SMILES string of the molecule is CNC(=O)c1ccc(-c2cc(O[C@H](C)[C@H]3CNC(=O)C3)c3cccnc3c2)cn1. The van der Waals surface area contributed by atoms with Gasteiger partial charge in [-0.3, -0.25) is 19.6 Å². The molecule has 1 saturated heterocycles. The smallest absolute Gasteiger partial charge is 0.269 e. The topological polar surface area (TPSA) is 93.2 Å². The molecule has 1 aliphatic heterocycles. The summed E-state index contributed by atoms with van der Waals surface area (Å²) in [5.74, 6) is 0.682. The van der Waals surface area contributed by atoms with Gasteiger partial charge in [0.2, 0.25) is 5.91 Å². The zero-order chi connectivity index (χ0) is 20.4. The molecule has 3 heterocycles. The van der Waals surface area contributed by atoms with Gasteiger partial charge in [-0.25, -0.2) is 0 Å². The number of nitrogens with zero attached hydrogens (tertiary/aromatic N) is 2. The summed E-state index contributed by atoms with van der Waals surface area (Å²) in [4.78, 5) is 32.0. The molecule has 2 N–H and O–H groups in total. The first-order chi connectivity index (χ1) is 14.0. The van der Waals surface area contributed by atoms with Crippen molar-refractivity contribution in [3.63, 3.8) is 0 Å². The Balaban J connectivity index is 1.69. The molecule has 0 aliphatic carbocycles. The number of hydrogen-bond acceptors (Lipinski definition) is 5. The molecule has 148 valence electrons. The largest absolute Gasteiger partial charge is 0.490 e. The molecule has 0 radical (unpaired) electrons. The molecule has 3 aromatic rings. The average molecular weight is 390 g/mol. The summed E-state index contributed by atoms with van der Waals surface area (Å²) >= 11 is 0. The van der Waals surface area contributed by atoms with E-state index in [1.54, 1.807) is 25.5 Å². The van der Waals surface area contributed by atoms with Gasteiger partial charge in [-0.1, -0.05) is 6.07 Å². The van der Waals surface area contributed by atoms with E-state index in [1.807, 2.05) is 37.3 Å². The van der Waals surface area contributed by atoms with E-state index in [-0.39, 0.29) is 23.8 Å². The molecule has 2 atom stereocenters. The fourth-order valence-electron chi connectivity index (χ4n) is 3.50. The van der Waals surface area contributed by atoms with Crippen molar-refractivity contribution in [1.82, 2.24) is 20.6 Å². The Labute approximate surface area is 168 Å². The highest BCUT2D eigenvalue weighted by Gasteiger charge is 2.28. The molecule has 7 heteroatoms. The predicted octanol–water partition coefficient (Wildman–Crippen LogP) is 2.56. The van der Waals surface area contributed by atoms with Crippen LogP contribution in [0.3, 0.4) is 0 Å². The number of carbonyl (C=O) groups excluding carboxylic acids is 2. The van der Waals surface area contributed by atoms with Gasteiger partial charge in [-0.15, -0.1) is 0 Å². The van der Waals surface area contributed by atoms with Crippen molar-refractivity contribution in [2.75, 3.05) is 13.6 Å². The maximum Gasteiger partial charge on any atom is 0.269 e. The zero-order valence-electron chi connectivity index (χ0n) is 16.3. The maximum absolute atomic E-state index is 11.7. The minimum absolute atomic E-state index is 0.0630. The van der Waals surface area contributed by atoms with Crippen LogP contribution in [0.5, 0.6) is 5.75 Å². The quantitative estimate of drug-likeness (QED) is 0.698. The molecule has 7 nitrogen and oxygen atoms in total. The number of aromatic nitrogens is 2. The van der Waals surface area contributed by atoms with Gasteiger partial charge in [0.05, 0.1) is 5.52 Å². The van der Waals surface area contributed by atoms with E-state index in [0.29, 0.717) is 24.4 Å². The summed E-state index contributed by atoms with van der Waals surface area (Å²) in [5.41, 5.74) is 2.93. The van der Waals surface area contributed by atoms with Gasteiger partial charge >= 0.3 is 0 Å². The second-order valence-corrected chi connectivity index (χ2v) is 7.15. The molecule has 0 unspecified atom stereocenters. The number of amides is 2. The van der Waals surface area contributed by atoms with Crippen LogP contribution in [-0.2, 0) is 4.79 Å². The molecular formula is C22H22N4O3. The monoisotopic (exact) mass is 390 g/mol. The van der Waals surface area contributed by atoms with Crippen LogP contribution in [0.15, 0.2) is 48.8 Å². The van der Waals surface area contributed by atoms with Gasteiger partial charge < -0.3 is 15.4 Å². The van der Waals surface area contributed by atoms with Crippen molar-refractivity contribution in [2.45, 2.75) is 19.4 Å². The molecule has 1 fully saturated rings. The highest BCUT2D eigenvalue weighted by atomic mass is 16.5. The fourth-order valence-corrected chi connectivity index (χ4v) is 3.50.